The molecule has 5 nitrogen and oxygen atoms in total. The first-order valence-corrected chi connectivity index (χ1v) is 8.32. The molecule has 128 valence electrons. The van der Waals surface area contributed by atoms with Crippen LogP contribution in [0.4, 0.5) is 10.1 Å². The Kier molecular flexibility index (Phi) is 4.94. The summed E-state index contributed by atoms with van der Waals surface area (Å²) in [5.74, 6) is -1.61. The third-order valence-electron chi connectivity index (χ3n) is 3.80. The highest BCUT2D eigenvalue weighted by atomic mass is 79.9. The molecule has 0 spiro atoms. The highest BCUT2D eigenvalue weighted by molar-refractivity contribution is 9.10. The van der Waals surface area contributed by atoms with Gasteiger partial charge in [-0.3, -0.25) is 14.5 Å². The molecule has 3 rings (SSSR count). The smallest absolute Gasteiger partial charge is 0.338 e. The number of hydrogen-bond donors (Lipinski definition) is 0. The molecule has 25 heavy (non-hydrogen) atoms. The van der Waals surface area contributed by atoms with Crippen LogP contribution in [-0.4, -0.2) is 17.8 Å². The molecule has 0 unspecified atom stereocenters. The van der Waals surface area contributed by atoms with Gasteiger partial charge >= 0.3 is 5.97 Å². The summed E-state index contributed by atoms with van der Waals surface area (Å²) >= 11 is 3.07. The number of carbonyl (C=O) groups excluding carboxylic acids is 3. The van der Waals surface area contributed by atoms with Gasteiger partial charge in [0.2, 0.25) is 11.8 Å². The molecule has 1 saturated heterocycles. The fourth-order valence-corrected chi connectivity index (χ4v) is 2.90. The SMILES string of the molecule is O=C(OCc1cccc(Br)c1F)c1ccc(N2C(=O)CCC2=O)cc1. The fraction of sp³-hybridized carbons (Fsp3) is 0.167. The maximum atomic E-state index is 13.8. The van der Waals surface area contributed by atoms with Gasteiger partial charge in [-0.15, -0.1) is 0 Å². The van der Waals surface area contributed by atoms with E-state index in [1.807, 2.05) is 0 Å². The van der Waals surface area contributed by atoms with Gasteiger partial charge in [0.15, 0.2) is 0 Å². The molecular weight excluding hydrogens is 393 g/mol. The van der Waals surface area contributed by atoms with Crippen LogP contribution in [0.3, 0.4) is 0 Å². The Hall–Kier alpha value is -2.54. The number of esters is 1. The van der Waals surface area contributed by atoms with Crippen LogP contribution in [0.15, 0.2) is 46.9 Å². The fourth-order valence-electron chi connectivity index (χ4n) is 2.50. The lowest BCUT2D eigenvalue weighted by atomic mass is 10.2. The van der Waals surface area contributed by atoms with Crippen molar-refractivity contribution in [3.05, 3.63) is 63.9 Å². The second-order valence-corrected chi connectivity index (χ2v) is 6.31. The van der Waals surface area contributed by atoms with Gasteiger partial charge in [0.25, 0.3) is 0 Å². The van der Waals surface area contributed by atoms with Crippen LogP contribution < -0.4 is 4.90 Å². The Balaban J connectivity index is 1.68. The molecule has 1 aliphatic rings. The number of rotatable bonds is 4. The zero-order valence-electron chi connectivity index (χ0n) is 13.0. The van der Waals surface area contributed by atoms with Gasteiger partial charge in [-0.2, -0.15) is 0 Å². The van der Waals surface area contributed by atoms with Crippen LogP contribution in [0.5, 0.6) is 0 Å². The van der Waals surface area contributed by atoms with E-state index in [-0.39, 0.29) is 42.4 Å². The molecule has 0 aromatic heterocycles. The number of benzene rings is 2. The Morgan fingerprint density at radius 1 is 1.08 bits per heavy atom. The summed E-state index contributed by atoms with van der Waals surface area (Å²) in [5, 5.41) is 0. The Bertz CT molecular complexity index is 835. The lowest BCUT2D eigenvalue weighted by Gasteiger charge is -2.14. The number of imide groups is 1. The van der Waals surface area contributed by atoms with Crippen LogP contribution in [0, 0.1) is 5.82 Å². The molecule has 0 atom stereocenters. The highest BCUT2D eigenvalue weighted by Gasteiger charge is 2.30. The number of anilines is 1. The molecule has 2 aromatic carbocycles. The summed E-state index contributed by atoms with van der Waals surface area (Å²) in [4.78, 5) is 36.6. The molecule has 1 aliphatic heterocycles. The molecule has 0 bridgehead atoms. The van der Waals surface area contributed by atoms with Crippen LogP contribution in [0.2, 0.25) is 0 Å². The van der Waals surface area contributed by atoms with E-state index < -0.39 is 11.8 Å². The predicted octanol–water partition coefficient (Wildman–Crippen LogP) is 3.60. The van der Waals surface area contributed by atoms with E-state index in [4.69, 9.17) is 4.74 Å². The van der Waals surface area contributed by atoms with E-state index in [0.29, 0.717) is 10.2 Å². The summed E-state index contributed by atoms with van der Waals surface area (Å²) in [6, 6.07) is 10.7. The molecule has 0 aliphatic carbocycles. The van der Waals surface area contributed by atoms with E-state index in [2.05, 4.69) is 15.9 Å². The minimum Gasteiger partial charge on any atom is -0.457 e. The molecule has 0 saturated carbocycles. The zero-order chi connectivity index (χ0) is 18.0. The molecule has 0 radical (unpaired) electrons. The Morgan fingerprint density at radius 3 is 2.36 bits per heavy atom. The van der Waals surface area contributed by atoms with Gasteiger partial charge in [-0.25, -0.2) is 9.18 Å². The average Bonchev–Trinajstić information content (AvgIpc) is 2.95. The average molecular weight is 406 g/mol. The minimum absolute atomic E-state index is 0.195. The standard InChI is InChI=1S/C18H13BrFNO4/c19-14-3-1-2-12(17(14)20)10-25-18(24)11-4-6-13(7-5-11)21-15(22)8-9-16(21)23/h1-7H,8-10H2. The number of nitrogens with zero attached hydrogens (tertiary/aromatic N) is 1. The van der Waals surface area contributed by atoms with Crippen molar-refractivity contribution in [2.24, 2.45) is 0 Å². The first-order valence-electron chi connectivity index (χ1n) is 7.53. The van der Waals surface area contributed by atoms with Crippen LogP contribution in [0.1, 0.15) is 28.8 Å². The maximum Gasteiger partial charge on any atom is 0.338 e. The molecule has 1 heterocycles. The highest BCUT2D eigenvalue weighted by Crippen LogP contribution is 2.23. The summed E-state index contributed by atoms with van der Waals surface area (Å²) < 4.78 is 19.3. The van der Waals surface area contributed by atoms with Gasteiger partial charge in [-0.05, 0) is 46.3 Å². The van der Waals surface area contributed by atoms with Gasteiger partial charge in [0.1, 0.15) is 12.4 Å². The van der Waals surface area contributed by atoms with Crippen LogP contribution >= 0.6 is 15.9 Å². The second kappa shape index (κ2) is 7.14. The molecule has 1 fully saturated rings. The van der Waals surface area contributed by atoms with Crippen molar-refractivity contribution in [1.29, 1.82) is 0 Å². The van der Waals surface area contributed by atoms with E-state index in [1.165, 1.54) is 30.3 Å². The predicted molar refractivity (Wildman–Crippen MR) is 91.4 cm³/mol. The molecule has 0 N–H and O–H groups in total. The maximum absolute atomic E-state index is 13.8. The van der Waals surface area contributed by atoms with Gasteiger partial charge in [-0.1, -0.05) is 12.1 Å². The van der Waals surface area contributed by atoms with Crippen molar-refractivity contribution in [3.63, 3.8) is 0 Å². The summed E-state index contributed by atoms with van der Waals surface area (Å²) in [6.45, 7) is -0.199. The molecule has 2 amide bonds. The Labute approximate surface area is 151 Å². The quantitative estimate of drug-likeness (QED) is 0.575. The normalized spacial score (nSPS) is 14.1. The van der Waals surface area contributed by atoms with Crippen LogP contribution in [0.25, 0.3) is 0 Å². The van der Waals surface area contributed by atoms with Crippen molar-refractivity contribution >= 4 is 39.4 Å². The lowest BCUT2D eigenvalue weighted by Crippen LogP contribution is -2.28. The summed E-state index contributed by atoms with van der Waals surface area (Å²) in [6.07, 6.45) is 0.391. The van der Waals surface area contributed by atoms with E-state index in [9.17, 15) is 18.8 Å². The largest absolute Gasteiger partial charge is 0.457 e. The van der Waals surface area contributed by atoms with Gasteiger partial charge in [0, 0.05) is 18.4 Å². The van der Waals surface area contributed by atoms with Crippen LogP contribution in [-0.2, 0) is 20.9 Å². The zero-order valence-corrected chi connectivity index (χ0v) is 14.6. The summed E-state index contributed by atoms with van der Waals surface area (Å²) in [7, 11) is 0. The van der Waals surface area contributed by atoms with Crippen molar-refractivity contribution in [1.82, 2.24) is 0 Å². The van der Waals surface area contributed by atoms with E-state index >= 15 is 0 Å². The molecule has 7 heteroatoms. The number of halogens is 2. The number of hydrogen-bond acceptors (Lipinski definition) is 4. The third-order valence-corrected chi connectivity index (χ3v) is 4.42. The minimum atomic E-state index is -0.620. The molecule has 2 aromatic rings. The summed E-state index contributed by atoms with van der Waals surface area (Å²) in [5.41, 5.74) is 0.924. The van der Waals surface area contributed by atoms with Crippen molar-refractivity contribution < 1.29 is 23.5 Å². The van der Waals surface area contributed by atoms with Crippen molar-refractivity contribution in [3.8, 4) is 0 Å². The first kappa shape index (κ1) is 17.3. The number of ether oxygens (including phenoxy) is 1. The van der Waals surface area contributed by atoms with Crippen molar-refractivity contribution in [2.75, 3.05) is 4.90 Å². The van der Waals surface area contributed by atoms with Crippen molar-refractivity contribution in [2.45, 2.75) is 19.4 Å². The van der Waals surface area contributed by atoms with Gasteiger partial charge in [0.05, 0.1) is 15.7 Å². The Morgan fingerprint density at radius 2 is 1.72 bits per heavy atom. The monoisotopic (exact) mass is 405 g/mol. The van der Waals surface area contributed by atoms with Gasteiger partial charge < -0.3 is 4.74 Å². The number of carbonyl (C=O) groups is 3. The second-order valence-electron chi connectivity index (χ2n) is 5.46. The third kappa shape index (κ3) is 3.61. The lowest BCUT2D eigenvalue weighted by molar-refractivity contribution is -0.121. The number of amides is 2. The first-order chi connectivity index (χ1) is 12.0. The van der Waals surface area contributed by atoms with E-state index in [0.717, 1.165) is 4.90 Å². The van der Waals surface area contributed by atoms with E-state index in [1.54, 1.807) is 12.1 Å². The topological polar surface area (TPSA) is 63.7 Å². The molecular formula is C18H13BrFNO4.